The fourth-order valence-corrected chi connectivity index (χ4v) is 2.06. The van der Waals surface area contributed by atoms with E-state index in [0.717, 1.165) is 5.56 Å². The van der Waals surface area contributed by atoms with E-state index in [4.69, 9.17) is 0 Å². The van der Waals surface area contributed by atoms with E-state index in [0.29, 0.717) is 0 Å². The van der Waals surface area contributed by atoms with Crippen LogP contribution in [0.3, 0.4) is 0 Å². The predicted molar refractivity (Wildman–Crippen MR) is 90.4 cm³/mol. The predicted octanol–water partition coefficient (Wildman–Crippen LogP) is -0.472. The van der Waals surface area contributed by atoms with Gasteiger partial charge in [-0.2, -0.15) is 0 Å². The van der Waals surface area contributed by atoms with Gasteiger partial charge in [-0.05, 0) is 12.5 Å². The second-order valence-electron chi connectivity index (χ2n) is 5.47. The van der Waals surface area contributed by atoms with Crippen LogP contribution in [0, 0.1) is 0 Å². The molecule has 3 N–H and O–H groups in total. The van der Waals surface area contributed by atoms with Crippen molar-refractivity contribution in [2.45, 2.75) is 32.4 Å². The van der Waals surface area contributed by atoms with Gasteiger partial charge in [0, 0.05) is 13.3 Å². The molecule has 0 radical (unpaired) electrons. The maximum Gasteiger partial charge on any atom is 0.328 e. The van der Waals surface area contributed by atoms with Crippen LogP contribution in [-0.4, -0.2) is 49.4 Å². The van der Waals surface area contributed by atoms with Crippen molar-refractivity contribution in [3.05, 3.63) is 35.9 Å². The molecular formula is C17H23N3O5. The molecule has 8 heteroatoms. The van der Waals surface area contributed by atoms with E-state index in [1.165, 1.54) is 21.0 Å². The summed E-state index contributed by atoms with van der Waals surface area (Å²) in [7, 11) is 1.22. The van der Waals surface area contributed by atoms with E-state index in [1.807, 2.05) is 30.3 Å². The number of hydrogen-bond donors (Lipinski definition) is 3. The fourth-order valence-electron chi connectivity index (χ4n) is 2.06. The highest BCUT2D eigenvalue weighted by Gasteiger charge is 2.25. The van der Waals surface area contributed by atoms with Gasteiger partial charge < -0.3 is 20.7 Å². The van der Waals surface area contributed by atoms with Crippen molar-refractivity contribution in [3.63, 3.8) is 0 Å². The summed E-state index contributed by atoms with van der Waals surface area (Å²) in [6.45, 7) is 2.54. The van der Waals surface area contributed by atoms with Crippen LogP contribution in [0.1, 0.15) is 19.4 Å². The summed E-state index contributed by atoms with van der Waals surface area (Å²) in [6, 6.07) is 7.39. The number of ether oxygens (including phenoxy) is 1. The summed E-state index contributed by atoms with van der Waals surface area (Å²) in [6.07, 6.45) is 0.242. The molecule has 0 bridgehead atoms. The average molecular weight is 349 g/mol. The lowest BCUT2D eigenvalue weighted by Crippen LogP contribution is -2.53. The summed E-state index contributed by atoms with van der Waals surface area (Å²) in [4.78, 5) is 46.7. The zero-order chi connectivity index (χ0) is 18.8. The van der Waals surface area contributed by atoms with Gasteiger partial charge in [-0.25, -0.2) is 4.79 Å². The van der Waals surface area contributed by atoms with E-state index in [-0.39, 0.29) is 18.9 Å². The van der Waals surface area contributed by atoms with E-state index in [9.17, 15) is 19.2 Å². The van der Waals surface area contributed by atoms with Gasteiger partial charge in [0.05, 0.1) is 13.7 Å². The molecule has 1 aromatic carbocycles. The highest BCUT2D eigenvalue weighted by molar-refractivity contribution is 5.92. The molecule has 0 spiro atoms. The third-order valence-electron chi connectivity index (χ3n) is 3.35. The van der Waals surface area contributed by atoms with Crippen LogP contribution in [0.15, 0.2) is 30.3 Å². The van der Waals surface area contributed by atoms with Gasteiger partial charge in [0.25, 0.3) is 0 Å². The SMILES string of the molecule is COC(=O)[C@H](C)NC(=O)[C@@H](Cc1ccccc1)NC(=O)CNC(C)=O. The van der Waals surface area contributed by atoms with E-state index in [2.05, 4.69) is 20.7 Å². The largest absolute Gasteiger partial charge is 0.467 e. The molecule has 1 rings (SSSR count). The van der Waals surface area contributed by atoms with Crippen molar-refractivity contribution in [2.24, 2.45) is 0 Å². The Balaban J connectivity index is 2.79. The smallest absolute Gasteiger partial charge is 0.328 e. The molecule has 8 nitrogen and oxygen atoms in total. The molecule has 0 saturated carbocycles. The van der Waals surface area contributed by atoms with Crippen molar-refractivity contribution in [1.29, 1.82) is 0 Å². The van der Waals surface area contributed by atoms with Gasteiger partial charge in [0.15, 0.2) is 0 Å². The molecule has 0 aliphatic carbocycles. The number of methoxy groups -OCH3 is 1. The minimum atomic E-state index is -0.893. The summed E-state index contributed by atoms with van der Waals surface area (Å²) >= 11 is 0. The number of amides is 3. The number of carbonyl (C=O) groups excluding carboxylic acids is 4. The van der Waals surface area contributed by atoms with Crippen LogP contribution in [0.5, 0.6) is 0 Å². The quantitative estimate of drug-likeness (QED) is 0.549. The second kappa shape index (κ2) is 10.1. The molecule has 1 aromatic rings. The van der Waals surface area contributed by atoms with Gasteiger partial charge in [-0.3, -0.25) is 14.4 Å². The topological polar surface area (TPSA) is 114 Å². The number of esters is 1. The summed E-state index contributed by atoms with van der Waals surface area (Å²) in [5.41, 5.74) is 0.841. The number of benzene rings is 1. The number of carbonyl (C=O) groups is 4. The number of rotatable bonds is 8. The third kappa shape index (κ3) is 7.47. The molecule has 3 amide bonds. The Hall–Kier alpha value is -2.90. The molecule has 0 fully saturated rings. The maximum absolute atomic E-state index is 12.4. The van der Waals surface area contributed by atoms with Crippen LogP contribution in [0.2, 0.25) is 0 Å². The Morgan fingerprint density at radius 3 is 2.28 bits per heavy atom. The lowest BCUT2D eigenvalue weighted by atomic mass is 10.0. The summed E-state index contributed by atoms with van der Waals surface area (Å²) < 4.78 is 4.57. The minimum absolute atomic E-state index is 0.236. The zero-order valence-corrected chi connectivity index (χ0v) is 14.5. The highest BCUT2D eigenvalue weighted by Crippen LogP contribution is 2.04. The van der Waals surface area contributed by atoms with Gasteiger partial charge in [0.1, 0.15) is 12.1 Å². The first-order chi connectivity index (χ1) is 11.8. The van der Waals surface area contributed by atoms with Crippen LogP contribution >= 0.6 is 0 Å². The number of hydrogen-bond acceptors (Lipinski definition) is 5. The summed E-state index contributed by atoms with van der Waals surface area (Å²) in [5, 5.41) is 7.44. The van der Waals surface area contributed by atoms with E-state index < -0.39 is 29.9 Å². The standard InChI is InChI=1S/C17H23N3O5/c1-11(17(24)25-3)19-16(23)14(9-13-7-5-4-6-8-13)20-15(22)10-18-12(2)21/h4-8,11,14H,9-10H2,1-3H3,(H,18,21)(H,19,23)(H,20,22)/t11-,14+/m0/s1. The Bertz CT molecular complexity index is 618. The molecule has 0 aliphatic heterocycles. The first kappa shape index (κ1) is 20.1. The van der Waals surface area contributed by atoms with Gasteiger partial charge in [-0.1, -0.05) is 30.3 Å². The van der Waals surface area contributed by atoms with Crippen molar-refractivity contribution >= 4 is 23.7 Å². The van der Waals surface area contributed by atoms with Crippen LogP contribution < -0.4 is 16.0 Å². The van der Waals surface area contributed by atoms with Crippen molar-refractivity contribution in [2.75, 3.05) is 13.7 Å². The van der Waals surface area contributed by atoms with Gasteiger partial charge in [-0.15, -0.1) is 0 Å². The molecule has 25 heavy (non-hydrogen) atoms. The summed E-state index contributed by atoms with van der Waals surface area (Å²) in [5.74, 6) is -1.95. The lowest BCUT2D eigenvalue weighted by Gasteiger charge is -2.20. The Kier molecular flexibility index (Phi) is 8.11. The van der Waals surface area contributed by atoms with Crippen LogP contribution in [-0.2, 0) is 30.3 Å². The average Bonchev–Trinajstić information content (AvgIpc) is 2.59. The molecule has 2 atom stereocenters. The lowest BCUT2D eigenvalue weighted by molar-refractivity contribution is -0.144. The normalized spacial score (nSPS) is 12.4. The Labute approximate surface area is 146 Å². The fraction of sp³-hybridized carbons (Fsp3) is 0.412. The molecule has 0 saturated heterocycles. The van der Waals surface area contributed by atoms with Gasteiger partial charge >= 0.3 is 5.97 Å². The van der Waals surface area contributed by atoms with E-state index >= 15 is 0 Å². The zero-order valence-electron chi connectivity index (χ0n) is 14.5. The van der Waals surface area contributed by atoms with Crippen LogP contribution in [0.4, 0.5) is 0 Å². The molecule has 136 valence electrons. The van der Waals surface area contributed by atoms with Gasteiger partial charge in [0.2, 0.25) is 17.7 Å². The van der Waals surface area contributed by atoms with Crippen LogP contribution in [0.25, 0.3) is 0 Å². The molecule has 0 aliphatic rings. The molecule has 0 unspecified atom stereocenters. The monoisotopic (exact) mass is 349 g/mol. The van der Waals surface area contributed by atoms with Crippen molar-refractivity contribution in [1.82, 2.24) is 16.0 Å². The van der Waals surface area contributed by atoms with E-state index in [1.54, 1.807) is 0 Å². The maximum atomic E-state index is 12.4. The third-order valence-corrected chi connectivity index (χ3v) is 3.35. The first-order valence-electron chi connectivity index (χ1n) is 7.79. The molecule has 0 heterocycles. The second-order valence-corrected chi connectivity index (χ2v) is 5.47. The van der Waals surface area contributed by atoms with Crippen molar-refractivity contribution in [3.8, 4) is 0 Å². The minimum Gasteiger partial charge on any atom is -0.467 e. The van der Waals surface area contributed by atoms with Crippen molar-refractivity contribution < 1.29 is 23.9 Å². The molecular weight excluding hydrogens is 326 g/mol. The number of nitrogens with one attached hydrogen (secondary N) is 3. The highest BCUT2D eigenvalue weighted by atomic mass is 16.5. The first-order valence-corrected chi connectivity index (χ1v) is 7.79. The molecule has 0 aromatic heterocycles. The Morgan fingerprint density at radius 1 is 1.08 bits per heavy atom. The Morgan fingerprint density at radius 2 is 1.72 bits per heavy atom.